The van der Waals surface area contributed by atoms with E-state index in [2.05, 4.69) is 23.8 Å². The van der Waals surface area contributed by atoms with E-state index in [4.69, 9.17) is 20.3 Å². The Kier molecular flexibility index (Phi) is 6.34. The molecule has 18 heteroatoms. The van der Waals surface area contributed by atoms with Crippen LogP contribution in [0.3, 0.4) is 0 Å². The Bertz CT molecular complexity index is 1000. The number of fused-ring (bicyclic) bond motifs is 1. The van der Waals surface area contributed by atoms with Gasteiger partial charge in [-0.2, -0.15) is 4.31 Å². The predicted molar refractivity (Wildman–Crippen MR) is 96.3 cm³/mol. The highest BCUT2D eigenvalue weighted by atomic mass is 32.2. The summed E-state index contributed by atoms with van der Waals surface area (Å²) in [6.45, 7) is -0.817. The van der Waals surface area contributed by atoms with Gasteiger partial charge in [-0.05, 0) is 6.26 Å². The van der Waals surface area contributed by atoms with Crippen molar-refractivity contribution in [3.05, 3.63) is 6.33 Å². The average Bonchev–Trinajstić information content (AvgIpc) is 3.13. The van der Waals surface area contributed by atoms with Crippen molar-refractivity contribution in [2.45, 2.75) is 29.7 Å². The van der Waals surface area contributed by atoms with Gasteiger partial charge in [0.1, 0.15) is 23.8 Å². The number of imidazole rings is 1. The fourth-order valence-corrected chi connectivity index (χ4v) is 4.58. The summed E-state index contributed by atoms with van der Waals surface area (Å²) < 4.78 is 37.1. The van der Waals surface area contributed by atoms with Crippen molar-refractivity contribution < 1.29 is 47.6 Å². The highest BCUT2D eigenvalue weighted by Crippen LogP contribution is 2.57. The molecule has 3 rings (SSSR count). The number of thioether (sulfide) groups is 1. The molecule has 162 valence electrons. The predicted octanol–water partition coefficient (Wildman–Crippen LogP) is -1.02. The molecule has 1 unspecified atom stereocenters. The van der Waals surface area contributed by atoms with Crippen molar-refractivity contribution in [3.63, 3.8) is 0 Å². The van der Waals surface area contributed by atoms with Crippen molar-refractivity contribution in [2.24, 2.45) is 0 Å². The smallest absolute Gasteiger partial charge is 0.387 e. The molecule has 0 spiro atoms. The number of hydrogen-bond donors (Lipinski definition) is 6. The molecular weight excluding hydrogens is 456 g/mol. The molecule has 0 bridgehead atoms. The minimum absolute atomic E-state index is 0.0989. The first kappa shape index (κ1) is 22.5. The SMILES string of the molecule is CSc1nc(N)c2ncn([C@H]3O[C@@H](COP(=O)(O)OP(=O)(O)O)[C@@H](O)[C@@H]3O)c2n1. The van der Waals surface area contributed by atoms with E-state index in [9.17, 15) is 24.2 Å². The summed E-state index contributed by atoms with van der Waals surface area (Å²) >= 11 is 1.22. The molecule has 0 amide bonds. The zero-order valence-electron chi connectivity index (χ0n) is 14.5. The summed E-state index contributed by atoms with van der Waals surface area (Å²) in [6.07, 6.45) is -2.66. The van der Waals surface area contributed by atoms with Crippen LogP contribution in [0, 0.1) is 0 Å². The fraction of sp³-hybridized carbons (Fsp3) is 0.545. The lowest BCUT2D eigenvalue weighted by Gasteiger charge is -2.17. The number of anilines is 1. The molecule has 2 aromatic heterocycles. The van der Waals surface area contributed by atoms with Gasteiger partial charge < -0.3 is 35.4 Å². The topological polar surface area (TPSA) is 233 Å². The Balaban J connectivity index is 1.80. The Morgan fingerprint density at radius 2 is 1.97 bits per heavy atom. The van der Waals surface area contributed by atoms with Gasteiger partial charge >= 0.3 is 15.6 Å². The minimum atomic E-state index is -5.30. The van der Waals surface area contributed by atoms with E-state index in [1.165, 1.54) is 22.7 Å². The summed E-state index contributed by atoms with van der Waals surface area (Å²) in [4.78, 5) is 38.8. The van der Waals surface area contributed by atoms with E-state index >= 15 is 0 Å². The summed E-state index contributed by atoms with van der Waals surface area (Å²) in [5.74, 6) is 0.0989. The summed E-state index contributed by atoms with van der Waals surface area (Å²) in [6, 6.07) is 0. The van der Waals surface area contributed by atoms with E-state index in [0.29, 0.717) is 5.16 Å². The van der Waals surface area contributed by atoms with E-state index in [-0.39, 0.29) is 17.0 Å². The molecule has 29 heavy (non-hydrogen) atoms. The Hall–Kier alpha value is -1.16. The van der Waals surface area contributed by atoms with Crippen LogP contribution in [-0.2, 0) is 22.7 Å². The number of phosphoric ester groups is 1. The standard InChI is InChI=1S/C11H17N5O10P2S/c1-29-11-14-8(12)5-9(15-11)16(3-13-5)10-7(18)6(17)4(25-10)2-24-28(22,23)26-27(19,20)21/h3-4,6-7,10,17-18H,2H2,1H3,(H,22,23)(H2,12,14,15)(H2,19,20,21)/t4-,6+,7-,10-/m0/s1. The first-order valence-electron chi connectivity index (χ1n) is 7.71. The largest absolute Gasteiger partial charge is 0.481 e. The number of phosphoric acid groups is 2. The maximum atomic E-state index is 11.5. The van der Waals surface area contributed by atoms with Gasteiger partial charge in [0.2, 0.25) is 0 Å². The first-order chi connectivity index (χ1) is 13.4. The molecule has 1 saturated heterocycles. The summed E-state index contributed by atoms with van der Waals surface area (Å²) in [5.41, 5.74) is 6.29. The maximum Gasteiger partial charge on any atom is 0.481 e. The number of ether oxygens (including phenoxy) is 1. The molecule has 1 fully saturated rings. The number of hydrogen-bond acceptors (Lipinski definition) is 12. The molecule has 15 nitrogen and oxygen atoms in total. The average molecular weight is 473 g/mol. The molecule has 2 aromatic rings. The zero-order chi connectivity index (χ0) is 21.6. The van der Waals surface area contributed by atoms with Crippen LogP contribution in [-0.4, -0.2) is 75.6 Å². The van der Waals surface area contributed by atoms with Gasteiger partial charge in [0.25, 0.3) is 0 Å². The van der Waals surface area contributed by atoms with E-state index in [0.717, 1.165) is 0 Å². The number of rotatable bonds is 7. The second kappa shape index (κ2) is 8.17. The van der Waals surface area contributed by atoms with Crippen LogP contribution in [0.15, 0.2) is 11.5 Å². The van der Waals surface area contributed by atoms with Crippen LogP contribution in [0.2, 0.25) is 0 Å². The molecule has 7 N–H and O–H groups in total. The van der Waals surface area contributed by atoms with Gasteiger partial charge in [-0.25, -0.2) is 24.1 Å². The van der Waals surface area contributed by atoms with Gasteiger partial charge in [0.05, 0.1) is 12.9 Å². The van der Waals surface area contributed by atoms with Crippen LogP contribution in [0.25, 0.3) is 11.2 Å². The number of nitrogens with two attached hydrogens (primary N) is 1. The highest BCUT2D eigenvalue weighted by molar-refractivity contribution is 7.98. The third kappa shape index (κ3) is 4.95. The number of aromatic nitrogens is 4. The van der Waals surface area contributed by atoms with Crippen LogP contribution in [0.1, 0.15) is 6.23 Å². The lowest BCUT2D eigenvalue weighted by molar-refractivity contribution is -0.0503. The molecule has 1 aliphatic rings. The summed E-state index contributed by atoms with van der Waals surface area (Å²) in [5, 5.41) is 20.8. The lowest BCUT2D eigenvalue weighted by atomic mass is 10.1. The van der Waals surface area contributed by atoms with Crippen LogP contribution < -0.4 is 5.73 Å². The van der Waals surface area contributed by atoms with Gasteiger partial charge in [-0.3, -0.25) is 9.09 Å². The fourth-order valence-electron chi connectivity index (χ4n) is 2.62. The Morgan fingerprint density at radius 3 is 2.59 bits per heavy atom. The van der Waals surface area contributed by atoms with E-state index in [1.54, 1.807) is 6.26 Å². The zero-order valence-corrected chi connectivity index (χ0v) is 17.1. The van der Waals surface area contributed by atoms with Gasteiger partial charge in [-0.15, -0.1) is 0 Å². The Labute approximate surface area is 166 Å². The van der Waals surface area contributed by atoms with Crippen LogP contribution >= 0.6 is 27.4 Å². The van der Waals surface area contributed by atoms with E-state index in [1.807, 2.05) is 0 Å². The van der Waals surface area contributed by atoms with Crippen LogP contribution in [0.4, 0.5) is 5.82 Å². The van der Waals surface area contributed by atoms with Gasteiger partial charge in [0.15, 0.2) is 22.8 Å². The number of nitrogens with zero attached hydrogens (tertiary/aromatic N) is 4. The maximum absolute atomic E-state index is 11.5. The molecule has 0 aromatic carbocycles. The molecule has 3 heterocycles. The minimum Gasteiger partial charge on any atom is -0.387 e. The second-order valence-electron chi connectivity index (χ2n) is 5.80. The molecule has 0 aliphatic carbocycles. The quantitative estimate of drug-likeness (QED) is 0.160. The lowest BCUT2D eigenvalue weighted by Crippen LogP contribution is -2.33. The van der Waals surface area contributed by atoms with Crippen molar-refractivity contribution in [2.75, 3.05) is 18.6 Å². The van der Waals surface area contributed by atoms with Crippen molar-refractivity contribution in [3.8, 4) is 0 Å². The van der Waals surface area contributed by atoms with Gasteiger partial charge in [0, 0.05) is 0 Å². The number of aliphatic hydroxyl groups is 2. The van der Waals surface area contributed by atoms with Crippen molar-refractivity contribution in [1.29, 1.82) is 0 Å². The third-order valence-electron chi connectivity index (χ3n) is 3.83. The molecule has 5 atom stereocenters. The van der Waals surface area contributed by atoms with E-state index < -0.39 is 46.8 Å². The molecule has 0 saturated carbocycles. The normalized spacial score (nSPS) is 27.4. The van der Waals surface area contributed by atoms with Crippen molar-refractivity contribution >= 4 is 44.4 Å². The number of nitrogen functional groups attached to an aromatic ring is 1. The summed E-state index contributed by atoms with van der Waals surface area (Å²) in [7, 11) is -10.4. The van der Waals surface area contributed by atoms with Crippen molar-refractivity contribution in [1.82, 2.24) is 19.5 Å². The molecule has 0 radical (unpaired) electrons. The van der Waals surface area contributed by atoms with Gasteiger partial charge in [-0.1, -0.05) is 11.8 Å². The first-order valence-corrected chi connectivity index (χ1v) is 12.0. The molecule has 1 aliphatic heterocycles. The highest BCUT2D eigenvalue weighted by Gasteiger charge is 2.46. The monoisotopic (exact) mass is 473 g/mol. The second-order valence-corrected chi connectivity index (χ2v) is 9.41. The molecular formula is C11H17N5O10P2S. The number of aliphatic hydroxyl groups excluding tert-OH is 2. The van der Waals surface area contributed by atoms with Crippen LogP contribution in [0.5, 0.6) is 0 Å². The third-order valence-corrected chi connectivity index (χ3v) is 6.53. The Morgan fingerprint density at radius 1 is 1.28 bits per heavy atom.